The van der Waals surface area contributed by atoms with E-state index in [0.29, 0.717) is 0 Å². The molecule has 0 bridgehead atoms. The third kappa shape index (κ3) is 8.17. The zero-order chi connectivity index (χ0) is 12.1. The van der Waals surface area contributed by atoms with E-state index in [0.717, 1.165) is 0 Å². The molecular formula is C5H10N2O6S2. The van der Waals surface area contributed by atoms with Gasteiger partial charge in [-0.05, 0) is 10.8 Å². The highest BCUT2D eigenvalue weighted by atomic mass is 33.1. The molecule has 0 aromatic rings. The van der Waals surface area contributed by atoms with Gasteiger partial charge in [-0.3, -0.25) is 14.1 Å². The average Bonchev–Trinajstić information content (AvgIpc) is 2.08. The predicted octanol–water partition coefficient (Wildman–Crippen LogP) is -1.95. The van der Waals surface area contributed by atoms with Crippen molar-refractivity contribution in [2.45, 2.75) is 6.04 Å². The molecule has 0 fully saturated rings. The van der Waals surface area contributed by atoms with Crippen molar-refractivity contribution in [2.75, 3.05) is 12.3 Å². The van der Waals surface area contributed by atoms with E-state index >= 15 is 0 Å². The number of hydrogen-bond acceptors (Lipinski definition) is 6. The first-order chi connectivity index (χ1) is 6.72. The van der Waals surface area contributed by atoms with Crippen molar-refractivity contribution in [2.24, 2.45) is 5.73 Å². The van der Waals surface area contributed by atoms with Crippen LogP contribution in [-0.2, 0) is 18.7 Å². The van der Waals surface area contributed by atoms with E-state index in [9.17, 15) is 18.0 Å². The fourth-order valence-corrected chi connectivity index (χ4v) is 1.95. The summed E-state index contributed by atoms with van der Waals surface area (Å²) in [5.74, 6) is -2.39. The Kier molecular flexibility index (Phi) is 5.57. The number of carbonyl (C=O) groups is 2. The first-order valence-electron chi connectivity index (χ1n) is 3.59. The van der Waals surface area contributed by atoms with Crippen LogP contribution in [0.4, 0.5) is 0 Å². The summed E-state index contributed by atoms with van der Waals surface area (Å²) < 4.78 is 28.8. The lowest BCUT2D eigenvalue weighted by Gasteiger charge is -2.08. The average molecular weight is 258 g/mol. The number of hydrogen-bond donors (Lipinski definition) is 4. The molecule has 0 spiro atoms. The van der Waals surface area contributed by atoms with E-state index in [2.05, 4.69) is 0 Å². The third-order valence-corrected chi connectivity index (χ3v) is 3.24. The molecule has 0 radical (unpaired) electrons. The Morgan fingerprint density at radius 1 is 1.47 bits per heavy atom. The molecule has 1 atom stereocenters. The summed E-state index contributed by atoms with van der Waals surface area (Å²) in [7, 11) is -4.14. The molecule has 15 heavy (non-hydrogen) atoms. The first kappa shape index (κ1) is 14.2. The Hall–Kier alpha value is -0.840. The minimum Gasteiger partial charge on any atom is -0.480 e. The van der Waals surface area contributed by atoms with Crippen LogP contribution in [0.1, 0.15) is 0 Å². The van der Waals surface area contributed by atoms with Gasteiger partial charge in [0.25, 0.3) is 0 Å². The van der Waals surface area contributed by atoms with E-state index < -0.39 is 33.6 Å². The van der Waals surface area contributed by atoms with Gasteiger partial charge in [0, 0.05) is 5.75 Å². The van der Waals surface area contributed by atoms with Crippen LogP contribution in [0.2, 0.25) is 0 Å². The smallest absolute Gasteiger partial charge is 0.322 e. The summed E-state index contributed by atoms with van der Waals surface area (Å²) >= 11 is 0. The van der Waals surface area contributed by atoms with Crippen LogP contribution >= 0.6 is 10.8 Å². The second-order valence-corrected chi connectivity index (χ2v) is 5.83. The van der Waals surface area contributed by atoms with Crippen LogP contribution in [0.15, 0.2) is 0 Å². The van der Waals surface area contributed by atoms with E-state index in [1.165, 1.54) is 0 Å². The molecule has 0 aliphatic heterocycles. The summed E-state index contributed by atoms with van der Waals surface area (Å²) in [6, 6.07) is -1.20. The van der Waals surface area contributed by atoms with Gasteiger partial charge in [0.1, 0.15) is 6.54 Å². The van der Waals surface area contributed by atoms with Gasteiger partial charge in [-0.1, -0.05) is 0 Å². The highest BCUT2D eigenvalue weighted by molar-refractivity contribution is 8.69. The second kappa shape index (κ2) is 5.90. The molecule has 0 aromatic carbocycles. The summed E-state index contributed by atoms with van der Waals surface area (Å²) in [6.07, 6.45) is 0. The van der Waals surface area contributed by atoms with Gasteiger partial charge in [0.15, 0.2) is 0 Å². The number of carboxylic acids is 1. The van der Waals surface area contributed by atoms with Gasteiger partial charge in [0.2, 0.25) is 5.91 Å². The standard InChI is InChI=1S/C5H10N2O6S2/c6-3(2-14-15(11,12)13)5(10)7-1-4(8)9/h3H,1-2,6H2,(H,7,10)(H,8,9)(H,11,12,13). The molecule has 5 N–H and O–H groups in total. The van der Waals surface area contributed by atoms with Crippen molar-refractivity contribution in [1.82, 2.24) is 5.32 Å². The monoisotopic (exact) mass is 258 g/mol. The molecule has 0 rings (SSSR count). The highest BCUT2D eigenvalue weighted by Crippen LogP contribution is 2.09. The van der Waals surface area contributed by atoms with Gasteiger partial charge < -0.3 is 16.2 Å². The normalized spacial score (nSPS) is 13.2. The van der Waals surface area contributed by atoms with Crippen molar-refractivity contribution in [1.29, 1.82) is 0 Å². The molecule has 0 aromatic heterocycles. The fraction of sp³-hybridized carbons (Fsp3) is 0.600. The molecule has 0 saturated heterocycles. The van der Waals surface area contributed by atoms with E-state index in [-0.39, 0.29) is 16.5 Å². The molecule has 0 saturated carbocycles. The van der Waals surface area contributed by atoms with Crippen molar-refractivity contribution in [3.63, 3.8) is 0 Å². The van der Waals surface area contributed by atoms with Crippen molar-refractivity contribution >= 4 is 31.8 Å². The lowest BCUT2D eigenvalue weighted by molar-refractivity contribution is -0.138. The minimum atomic E-state index is -4.24. The van der Waals surface area contributed by atoms with E-state index in [4.69, 9.17) is 15.4 Å². The number of nitrogens with one attached hydrogen (secondary N) is 1. The summed E-state index contributed by atoms with van der Waals surface area (Å²) in [5.41, 5.74) is 5.21. The minimum absolute atomic E-state index is 0.0988. The number of carbonyl (C=O) groups excluding carboxylic acids is 1. The van der Waals surface area contributed by atoms with Crippen molar-refractivity contribution < 1.29 is 27.7 Å². The Bertz CT molecular complexity index is 339. The van der Waals surface area contributed by atoms with Gasteiger partial charge in [-0.15, -0.1) is 0 Å². The highest BCUT2D eigenvalue weighted by Gasteiger charge is 2.17. The molecule has 1 unspecified atom stereocenters. The maximum absolute atomic E-state index is 11.0. The summed E-state index contributed by atoms with van der Waals surface area (Å²) in [4.78, 5) is 21.0. The van der Waals surface area contributed by atoms with Crippen LogP contribution in [0.25, 0.3) is 0 Å². The molecule has 0 aliphatic carbocycles. The molecule has 8 nitrogen and oxygen atoms in total. The summed E-state index contributed by atoms with van der Waals surface area (Å²) in [6.45, 7) is -0.594. The van der Waals surface area contributed by atoms with Crippen LogP contribution in [0, 0.1) is 0 Å². The molecule has 10 heteroatoms. The Morgan fingerprint density at radius 2 is 2.00 bits per heavy atom. The Morgan fingerprint density at radius 3 is 2.40 bits per heavy atom. The quantitative estimate of drug-likeness (QED) is 0.317. The number of rotatable bonds is 6. The van der Waals surface area contributed by atoms with Gasteiger partial charge in [0.05, 0.1) is 6.04 Å². The second-order valence-electron chi connectivity index (χ2n) is 2.43. The Balaban J connectivity index is 3.95. The number of amides is 1. The lowest BCUT2D eigenvalue weighted by Crippen LogP contribution is -2.44. The van der Waals surface area contributed by atoms with E-state index in [1.807, 2.05) is 5.32 Å². The van der Waals surface area contributed by atoms with Gasteiger partial charge in [-0.2, -0.15) is 8.42 Å². The molecule has 1 amide bonds. The topological polar surface area (TPSA) is 147 Å². The third-order valence-electron chi connectivity index (χ3n) is 1.15. The van der Waals surface area contributed by atoms with Crippen molar-refractivity contribution in [3.05, 3.63) is 0 Å². The zero-order valence-electron chi connectivity index (χ0n) is 7.41. The first-order valence-corrected chi connectivity index (χ1v) is 6.53. The van der Waals surface area contributed by atoms with Gasteiger partial charge in [-0.25, -0.2) is 0 Å². The SMILES string of the molecule is NC(CSS(=O)(=O)O)C(=O)NCC(=O)O. The number of aliphatic carboxylic acids is 1. The molecule has 0 aliphatic rings. The van der Waals surface area contributed by atoms with Crippen LogP contribution in [0.5, 0.6) is 0 Å². The maximum Gasteiger partial charge on any atom is 0.322 e. The fourth-order valence-electron chi connectivity index (χ4n) is 0.529. The zero-order valence-corrected chi connectivity index (χ0v) is 9.05. The van der Waals surface area contributed by atoms with Crippen molar-refractivity contribution in [3.8, 4) is 0 Å². The van der Waals surface area contributed by atoms with Gasteiger partial charge >= 0.3 is 15.1 Å². The largest absolute Gasteiger partial charge is 0.480 e. The van der Waals surface area contributed by atoms with Crippen LogP contribution in [-0.4, -0.2) is 48.3 Å². The summed E-state index contributed by atoms with van der Waals surface area (Å²) in [5, 5.41) is 10.2. The number of nitrogens with two attached hydrogens (primary N) is 1. The van der Waals surface area contributed by atoms with Crippen LogP contribution < -0.4 is 11.1 Å². The number of carboxylic acid groups (broad SMARTS) is 1. The molecular weight excluding hydrogens is 248 g/mol. The predicted molar refractivity (Wildman–Crippen MR) is 52.6 cm³/mol. The Labute approximate surface area is 89.4 Å². The maximum atomic E-state index is 11.0. The van der Waals surface area contributed by atoms with E-state index in [1.54, 1.807) is 0 Å². The molecule has 88 valence electrons. The lowest BCUT2D eigenvalue weighted by atomic mass is 10.3. The molecule has 0 heterocycles. The van der Waals surface area contributed by atoms with Crippen LogP contribution in [0.3, 0.4) is 0 Å².